The van der Waals surface area contributed by atoms with Crippen LogP contribution in [-0.4, -0.2) is 23.0 Å². The Bertz CT molecular complexity index is 1010. The third-order valence-electron chi connectivity index (χ3n) is 4.45. The van der Waals surface area contributed by atoms with Gasteiger partial charge >= 0.3 is 0 Å². The molecule has 0 aliphatic heterocycles. The van der Waals surface area contributed by atoms with Crippen molar-refractivity contribution in [3.8, 4) is 11.4 Å². The normalized spacial score (nSPS) is 10.9. The molecule has 0 saturated heterocycles. The van der Waals surface area contributed by atoms with Gasteiger partial charge in [-0.25, -0.2) is 0 Å². The highest BCUT2D eigenvalue weighted by molar-refractivity contribution is 7.80. The Morgan fingerprint density at radius 1 is 1.07 bits per heavy atom. The molecule has 0 bridgehead atoms. The fourth-order valence-corrected chi connectivity index (χ4v) is 3.28. The highest BCUT2D eigenvalue weighted by Crippen LogP contribution is 2.28. The largest absolute Gasteiger partial charge is 0.495 e. The summed E-state index contributed by atoms with van der Waals surface area (Å²) in [5, 5.41) is 7.82. The minimum absolute atomic E-state index is 0.441. The molecule has 0 atom stereocenters. The van der Waals surface area contributed by atoms with Crippen molar-refractivity contribution >= 4 is 29.2 Å². The third-order valence-corrected chi connectivity index (χ3v) is 4.64. The van der Waals surface area contributed by atoms with E-state index in [4.69, 9.17) is 17.0 Å². The molecule has 0 radical (unpaired) electrons. The van der Waals surface area contributed by atoms with Crippen LogP contribution in [0.1, 0.15) is 22.5 Å². The number of hydrazone groups is 1. The van der Waals surface area contributed by atoms with Crippen LogP contribution in [0.3, 0.4) is 0 Å². The van der Waals surface area contributed by atoms with Crippen LogP contribution in [0.15, 0.2) is 59.7 Å². The number of hydrogen-bond acceptors (Lipinski definition) is 3. The lowest BCUT2D eigenvalue weighted by molar-refractivity contribution is 0.412. The average molecular weight is 393 g/mol. The number of anilines is 1. The second kappa shape index (κ2) is 8.71. The van der Waals surface area contributed by atoms with E-state index < -0.39 is 0 Å². The van der Waals surface area contributed by atoms with Crippen LogP contribution in [0.2, 0.25) is 0 Å². The van der Waals surface area contributed by atoms with Crippen molar-refractivity contribution in [1.29, 1.82) is 0 Å². The molecule has 0 amide bonds. The number of thiocarbonyl (C=S) groups is 1. The second-order valence-corrected chi connectivity index (χ2v) is 6.94. The molecular formula is C22H24N4OS. The lowest BCUT2D eigenvalue weighted by atomic mass is 10.2. The van der Waals surface area contributed by atoms with Gasteiger partial charge in [-0.3, -0.25) is 5.43 Å². The number of aryl methyl sites for hydroxylation is 2. The summed E-state index contributed by atoms with van der Waals surface area (Å²) in [6.07, 6.45) is 1.78. The van der Waals surface area contributed by atoms with Gasteiger partial charge in [0.1, 0.15) is 5.75 Å². The molecule has 28 heavy (non-hydrogen) atoms. The van der Waals surface area contributed by atoms with Gasteiger partial charge in [-0.2, -0.15) is 5.10 Å². The molecule has 0 unspecified atom stereocenters. The van der Waals surface area contributed by atoms with Gasteiger partial charge in [0.2, 0.25) is 0 Å². The summed E-state index contributed by atoms with van der Waals surface area (Å²) in [6.45, 7) is 6.21. The van der Waals surface area contributed by atoms with Crippen LogP contribution in [0.5, 0.6) is 5.75 Å². The van der Waals surface area contributed by atoms with E-state index in [1.165, 1.54) is 5.56 Å². The molecule has 0 aliphatic rings. The summed E-state index contributed by atoms with van der Waals surface area (Å²) >= 11 is 5.28. The molecule has 6 heteroatoms. The summed E-state index contributed by atoms with van der Waals surface area (Å²) in [5.74, 6) is 0.835. The number of benzene rings is 2. The zero-order chi connectivity index (χ0) is 20.1. The molecule has 1 heterocycles. The highest BCUT2D eigenvalue weighted by Gasteiger charge is 2.13. The highest BCUT2D eigenvalue weighted by atomic mass is 32.1. The van der Waals surface area contributed by atoms with Crippen LogP contribution in [0.25, 0.3) is 5.69 Å². The van der Waals surface area contributed by atoms with Crippen LogP contribution >= 0.6 is 12.2 Å². The maximum absolute atomic E-state index is 5.55. The quantitative estimate of drug-likeness (QED) is 0.374. The first-order valence-corrected chi connectivity index (χ1v) is 9.39. The summed E-state index contributed by atoms with van der Waals surface area (Å²) in [6, 6.07) is 18.0. The molecular weight excluding hydrogens is 368 g/mol. The second-order valence-electron chi connectivity index (χ2n) is 6.53. The summed E-state index contributed by atoms with van der Waals surface area (Å²) in [5.41, 5.74) is 9.17. The predicted octanol–water partition coefficient (Wildman–Crippen LogP) is 4.73. The molecule has 5 nitrogen and oxygen atoms in total. The number of nitrogens with zero attached hydrogens (tertiary/aromatic N) is 2. The number of rotatable bonds is 5. The van der Waals surface area contributed by atoms with E-state index >= 15 is 0 Å². The first-order chi connectivity index (χ1) is 13.5. The summed E-state index contributed by atoms with van der Waals surface area (Å²) < 4.78 is 7.73. The van der Waals surface area contributed by atoms with Crippen molar-refractivity contribution in [2.45, 2.75) is 20.8 Å². The molecule has 2 aromatic carbocycles. The van der Waals surface area contributed by atoms with Crippen LogP contribution in [0, 0.1) is 20.8 Å². The van der Waals surface area contributed by atoms with Gasteiger partial charge in [-0.15, -0.1) is 0 Å². The Hall–Kier alpha value is -3.12. The van der Waals surface area contributed by atoms with E-state index in [1.54, 1.807) is 13.3 Å². The minimum Gasteiger partial charge on any atom is -0.495 e. The van der Waals surface area contributed by atoms with Crippen LogP contribution < -0.4 is 15.5 Å². The molecule has 0 aliphatic carbocycles. The number of aromatic nitrogens is 1. The number of hydrogen-bond donors (Lipinski definition) is 2. The van der Waals surface area contributed by atoms with E-state index in [2.05, 4.69) is 53.3 Å². The SMILES string of the molecule is COc1ccc(C)cc1-n1c(C)cc(/C=N/NC(=S)Nc2ccccc2)c1C. The third kappa shape index (κ3) is 4.40. The maximum atomic E-state index is 5.55. The van der Waals surface area contributed by atoms with Gasteiger partial charge < -0.3 is 14.6 Å². The van der Waals surface area contributed by atoms with E-state index in [-0.39, 0.29) is 0 Å². The lowest BCUT2D eigenvalue weighted by Crippen LogP contribution is -2.23. The average Bonchev–Trinajstić information content (AvgIpc) is 2.96. The van der Waals surface area contributed by atoms with Crippen LogP contribution in [-0.2, 0) is 0 Å². The molecule has 3 aromatic rings. The summed E-state index contributed by atoms with van der Waals surface area (Å²) in [4.78, 5) is 0. The van der Waals surface area contributed by atoms with Crippen molar-refractivity contribution in [2.75, 3.05) is 12.4 Å². The predicted molar refractivity (Wildman–Crippen MR) is 120 cm³/mol. The Morgan fingerprint density at radius 2 is 1.82 bits per heavy atom. The van der Waals surface area contributed by atoms with Crippen molar-refractivity contribution in [1.82, 2.24) is 9.99 Å². The number of methoxy groups -OCH3 is 1. The Morgan fingerprint density at radius 3 is 2.54 bits per heavy atom. The lowest BCUT2D eigenvalue weighted by Gasteiger charge is -2.14. The monoisotopic (exact) mass is 392 g/mol. The maximum Gasteiger partial charge on any atom is 0.191 e. The summed E-state index contributed by atoms with van der Waals surface area (Å²) in [7, 11) is 1.69. The molecule has 0 spiro atoms. The first-order valence-electron chi connectivity index (χ1n) is 8.98. The van der Waals surface area contributed by atoms with E-state index in [9.17, 15) is 0 Å². The molecule has 2 N–H and O–H groups in total. The first kappa shape index (κ1) is 19.6. The van der Waals surface area contributed by atoms with E-state index in [0.29, 0.717) is 5.11 Å². The van der Waals surface area contributed by atoms with Gasteiger partial charge in [-0.05, 0) is 68.9 Å². The standard InChI is InChI=1S/C22H24N4OS/c1-15-10-11-21(27-4)20(12-15)26-16(2)13-18(17(26)3)14-23-25-22(28)24-19-8-6-5-7-9-19/h5-14H,1-4H3,(H2,24,25,28)/b23-14+. The van der Waals surface area contributed by atoms with Gasteiger partial charge in [0.25, 0.3) is 0 Å². The van der Waals surface area contributed by atoms with Crippen LogP contribution in [0.4, 0.5) is 5.69 Å². The Labute approximate surface area is 171 Å². The number of nitrogens with one attached hydrogen (secondary N) is 2. The van der Waals surface area contributed by atoms with Crippen molar-refractivity contribution in [3.63, 3.8) is 0 Å². The smallest absolute Gasteiger partial charge is 0.191 e. The van der Waals surface area contributed by atoms with Gasteiger partial charge in [-0.1, -0.05) is 24.3 Å². The van der Waals surface area contributed by atoms with Crippen molar-refractivity contribution in [3.05, 3.63) is 77.1 Å². The fraction of sp³-hybridized carbons (Fsp3) is 0.182. The fourth-order valence-electron chi connectivity index (χ4n) is 3.10. The molecule has 0 fully saturated rings. The van der Waals surface area contributed by atoms with E-state index in [1.807, 2.05) is 42.5 Å². The molecule has 3 rings (SSSR count). The van der Waals surface area contributed by atoms with Gasteiger partial charge in [0.15, 0.2) is 5.11 Å². The minimum atomic E-state index is 0.441. The zero-order valence-electron chi connectivity index (χ0n) is 16.5. The van der Waals surface area contributed by atoms with Crippen molar-refractivity contribution in [2.24, 2.45) is 5.10 Å². The zero-order valence-corrected chi connectivity index (χ0v) is 17.3. The van der Waals surface area contributed by atoms with Crippen molar-refractivity contribution < 1.29 is 4.74 Å². The van der Waals surface area contributed by atoms with E-state index in [0.717, 1.165) is 34.1 Å². The van der Waals surface area contributed by atoms with Gasteiger partial charge in [0, 0.05) is 22.6 Å². The number of ether oxygens (including phenoxy) is 1. The number of para-hydroxylation sites is 1. The molecule has 1 aromatic heterocycles. The molecule has 0 saturated carbocycles. The Kier molecular flexibility index (Phi) is 6.11. The topological polar surface area (TPSA) is 50.6 Å². The molecule has 144 valence electrons. The van der Waals surface area contributed by atoms with Gasteiger partial charge in [0.05, 0.1) is 19.0 Å². The Balaban J connectivity index is 1.78.